The summed E-state index contributed by atoms with van der Waals surface area (Å²) in [5.74, 6) is 1.06. The molecule has 0 radical (unpaired) electrons. The first-order chi connectivity index (χ1) is 11.2. The number of carbonyl (C=O) groups excluding carboxylic acids is 1. The lowest BCUT2D eigenvalue weighted by Crippen LogP contribution is -2.33. The molecule has 0 spiro atoms. The van der Waals surface area contributed by atoms with E-state index in [-0.39, 0.29) is 6.03 Å². The second kappa shape index (κ2) is 6.64. The van der Waals surface area contributed by atoms with Crippen LogP contribution in [0.25, 0.3) is 0 Å². The number of likely N-dealkylation sites (tertiary alicyclic amines) is 1. The molecule has 23 heavy (non-hydrogen) atoms. The Morgan fingerprint density at radius 3 is 2.74 bits per heavy atom. The number of carbonyl (C=O) groups is 1. The molecule has 1 atom stereocenters. The minimum atomic E-state index is -0.427. The van der Waals surface area contributed by atoms with Crippen LogP contribution >= 0.6 is 0 Å². The summed E-state index contributed by atoms with van der Waals surface area (Å²) in [6.45, 7) is 1.34. The van der Waals surface area contributed by atoms with Crippen molar-refractivity contribution in [2.24, 2.45) is 0 Å². The Balaban J connectivity index is 1.60. The van der Waals surface area contributed by atoms with Crippen molar-refractivity contribution in [2.75, 3.05) is 25.5 Å². The third-order valence-corrected chi connectivity index (χ3v) is 4.03. The van der Waals surface area contributed by atoms with Gasteiger partial charge in [-0.3, -0.25) is 5.32 Å². The standard InChI is InChI=1S/C17H18FN3O2/c1-23-15-5-2-12(3-6-15)13-8-9-21(11-13)17(22)20-16-7-4-14(18)10-19-16/h2-7,10,13H,8-9,11H2,1H3,(H,19,20,22)/t13-/m1/s1. The maximum absolute atomic E-state index is 12.8. The number of halogens is 1. The van der Waals surface area contributed by atoms with E-state index >= 15 is 0 Å². The van der Waals surface area contributed by atoms with E-state index in [0.29, 0.717) is 24.8 Å². The Morgan fingerprint density at radius 1 is 1.30 bits per heavy atom. The number of urea groups is 1. The van der Waals surface area contributed by atoms with Crippen LogP contribution in [0, 0.1) is 5.82 Å². The van der Waals surface area contributed by atoms with Crippen molar-refractivity contribution in [1.29, 1.82) is 0 Å². The number of ether oxygens (including phenoxy) is 1. The molecule has 1 fully saturated rings. The lowest BCUT2D eigenvalue weighted by Gasteiger charge is -2.17. The maximum Gasteiger partial charge on any atom is 0.323 e. The zero-order valence-electron chi connectivity index (χ0n) is 12.8. The third kappa shape index (κ3) is 3.59. The highest BCUT2D eigenvalue weighted by Crippen LogP contribution is 2.28. The Morgan fingerprint density at radius 2 is 2.09 bits per heavy atom. The molecule has 1 N–H and O–H groups in total. The fourth-order valence-corrected chi connectivity index (χ4v) is 2.73. The van der Waals surface area contributed by atoms with Crippen molar-refractivity contribution < 1.29 is 13.9 Å². The summed E-state index contributed by atoms with van der Waals surface area (Å²) in [5.41, 5.74) is 1.20. The van der Waals surface area contributed by atoms with Crippen LogP contribution in [0.5, 0.6) is 5.75 Å². The summed E-state index contributed by atoms with van der Waals surface area (Å²) in [6.07, 6.45) is 2.00. The van der Waals surface area contributed by atoms with Gasteiger partial charge in [-0.15, -0.1) is 0 Å². The Bertz CT molecular complexity index is 673. The predicted molar refractivity (Wildman–Crippen MR) is 85.1 cm³/mol. The highest BCUT2D eigenvalue weighted by molar-refractivity contribution is 5.88. The Kier molecular flexibility index (Phi) is 4.41. The van der Waals surface area contributed by atoms with Gasteiger partial charge in [0.15, 0.2) is 0 Å². The first-order valence-corrected chi connectivity index (χ1v) is 7.47. The molecule has 1 aliphatic heterocycles. The highest BCUT2D eigenvalue weighted by atomic mass is 19.1. The first-order valence-electron chi connectivity index (χ1n) is 7.47. The number of benzene rings is 1. The number of hydrogen-bond donors (Lipinski definition) is 1. The minimum Gasteiger partial charge on any atom is -0.497 e. The number of nitrogens with one attached hydrogen (secondary N) is 1. The van der Waals surface area contributed by atoms with Crippen molar-refractivity contribution >= 4 is 11.8 Å². The molecule has 1 aromatic heterocycles. The number of pyridine rings is 1. The number of nitrogens with zero attached hydrogens (tertiary/aromatic N) is 2. The first kappa shape index (κ1) is 15.3. The fourth-order valence-electron chi connectivity index (χ4n) is 2.73. The minimum absolute atomic E-state index is 0.208. The van der Waals surface area contributed by atoms with Gasteiger partial charge in [-0.25, -0.2) is 14.2 Å². The average Bonchev–Trinajstić information content (AvgIpc) is 3.07. The second-order valence-electron chi connectivity index (χ2n) is 5.50. The number of amides is 2. The molecular weight excluding hydrogens is 297 g/mol. The van der Waals surface area contributed by atoms with Gasteiger partial charge in [0.05, 0.1) is 13.3 Å². The monoisotopic (exact) mass is 315 g/mol. The lowest BCUT2D eigenvalue weighted by molar-refractivity contribution is 0.222. The molecule has 2 amide bonds. The van der Waals surface area contributed by atoms with Crippen molar-refractivity contribution in [2.45, 2.75) is 12.3 Å². The Hall–Kier alpha value is -2.63. The molecule has 1 aliphatic rings. The van der Waals surface area contributed by atoms with E-state index in [2.05, 4.69) is 10.3 Å². The number of anilines is 1. The number of aromatic nitrogens is 1. The van der Waals surface area contributed by atoms with E-state index in [1.165, 1.54) is 17.7 Å². The number of methoxy groups -OCH3 is 1. The number of rotatable bonds is 3. The largest absolute Gasteiger partial charge is 0.497 e. The summed E-state index contributed by atoms with van der Waals surface area (Å²) in [4.78, 5) is 17.8. The zero-order valence-corrected chi connectivity index (χ0v) is 12.8. The maximum atomic E-state index is 12.8. The van der Waals surface area contributed by atoms with E-state index in [9.17, 15) is 9.18 Å². The molecule has 5 nitrogen and oxygen atoms in total. The van der Waals surface area contributed by atoms with Crippen LogP contribution in [0.15, 0.2) is 42.6 Å². The van der Waals surface area contributed by atoms with Crippen molar-refractivity contribution in [3.8, 4) is 5.75 Å². The molecular formula is C17H18FN3O2. The van der Waals surface area contributed by atoms with Gasteiger partial charge in [-0.1, -0.05) is 12.1 Å². The summed E-state index contributed by atoms with van der Waals surface area (Å²) in [7, 11) is 1.64. The molecule has 0 saturated carbocycles. The van der Waals surface area contributed by atoms with E-state index in [1.807, 2.05) is 24.3 Å². The SMILES string of the molecule is COc1ccc([C@@H]2CCN(C(=O)Nc3ccc(F)cn3)C2)cc1. The topological polar surface area (TPSA) is 54.5 Å². The smallest absolute Gasteiger partial charge is 0.323 e. The normalized spacial score (nSPS) is 17.1. The molecule has 0 aliphatic carbocycles. The van der Waals surface area contributed by atoms with Gasteiger partial charge in [0.25, 0.3) is 0 Å². The quantitative estimate of drug-likeness (QED) is 0.946. The average molecular weight is 315 g/mol. The van der Waals surface area contributed by atoms with E-state index in [1.54, 1.807) is 12.0 Å². The van der Waals surface area contributed by atoms with Gasteiger partial charge >= 0.3 is 6.03 Å². The summed E-state index contributed by atoms with van der Waals surface area (Å²) in [6, 6.07) is 10.4. The molecule has 1 aromatic carbocycles. The summed E-state index contributed by atoms with van der Waals surface area (Å²) >= 11 is 0. The molecule has 2 heterocycles. The van der Waals surface area contributed by atoms with E-state index in [0.717, 1.165) is 18.4 Å². The summed E-state index contributed by atoms with van der Waals surface area (Å²) in [5, 5.41) is 2.69. The highest BCUT2D eigenvalue weighted by Gasteiger charge is 2.27. The van der Waals surface area contributed by atoms with Crippen LogP contribution in [-0.4, -0.2) is 36.1 Å². The van der Waals surface area contributed by atoms with Gasteiger partial charge in [0, 0.05) is 19.0 Å². The molecule has 3 rings (SSSR count). The molecule has 0 unspecified atom stereocenters. The zero-order chi connectivity index (χ0) is 16.2. The van der Waals surface area contributed by atoms with Gasteiger partial charge in [-0.2, -0.15) is 0 Å². The van der Waals surface area contributed by atoms with Crippen molar-refractivity contribution in [3.05, 3.63) is 54.0 Å². The van der Waals surface area contributed by atoms with Gasteiger partial charge < -0.3 is 9.64 Å². The molecule has 1 saturated heterocycles. The molecule has 6 heteroatoms. The predicted octanol–water partition coefficient (Wildman–Crippen LogP) is 3.25. The lowest BCUT2D eigenvalue weighted by atomic mass is 9.98. The van der Waals surface area contributed by atoms with E-state index < -0.39 is 5.82 Å². The van der Waals surface area contributed by atoms with Crippen LogP contribution in [0.4, 0.5) is 15.0 Å². The molecule has 2 aromatic rings. The van der Waals surface area contributed by atoms with Crippen LogP contribution in [0.3, 0.4) is 0 Å². The summed E-state index contributed by atoms with van der Waals surface area (Å²) < 4.78 is 18.0. The Labute approximate surface area is 134 Å². The van der Waals surface area contributed by atoms with Gasteiger partial charge in [0.2, 0.25) is 0 Å². The van der Waals surface area contributed by atoms with Crippen LogP contribution in [0.2, 0.25) is 0 Å². The van der Waals surface area contributed by atoms with Crippen molar-refractivity contribution in [1.82, 2.24) is 9.88 Å². The third-order valence-electron chi connectivity index (χ3n) is 4.03. The second-order valence-corrected chi connectivity index (χ2v) is 5.50. The number of hydrogen-bond acceptors (Lipinski definition) is 3. The van der Waals surface area contributed by atoms with Gasteiger partial charge in [-0.05, 0) is 36.2 Å². The van der Waals surface area contributed by atoms with Crippen LogP contribution < -0.4 is 10.1 Å². The van der Waals surface area contributed by atoms with Crippen LogP contribution in [0.1, 0.15) is 17.9 Å². The fraction of sp³-hybridized carbons (Fsp3) is 0.294. The van der Waals surface area contributed by atoms with Gasteiger partial charge in [0.1, 0.15) is 17.4 Å². The van der Waals surface area contributed by atoms with Crippen LogP contribution in [-0.2, 0) is 0 Å². The van der Waals surface area contributed by atoms with E-state index in [4.69, 9.17) is 4.74 Å². The van der Waals surface area contributed by atoms with Crippen molar-refractivity contribution in [3.63, 3.8) is 0 Å². The molecule has 0 bridgehead atoms. The molecule has 120 valence electrons.